The molecule has 0 aliphatic rings. The van der Waals surface area contributed by atoms with E-state index >= 15 is 0 Å². The summed E-state index contributed by atoms with van der Waals surface area (Å²) in [5.74, 6) is -1.70. The van der Waals surface area contributed by atoms with Crippen molar-refractivity contribution in [3.8, 4) is 6.07 Å². The number of ether oxygens (including phenoxy) is 1. The second kappa shape index (κ2) is 8.83. The lowest BCUT2D eigenvalue weighted by Crippen LogP contribution is -2.38. The van der Waals surface area contributed by atoms with E-state index in [0.29, 0.717) is 10.6 Å². The summed E-state index contributed by atoms with van der Waals surface area (Å²) in [6.07, 6.45) is -0.489. The number of rotatable bonds is 5. The molecule has 2 amide bonds. The SMILES string of the molecule is COC(CNC(=O)C(=O)Nc1ccccc1C#N)c1ccccc1Cl. The molecule has 0 heterocycles. The zero-order chi connectivity index (χ0) is 18.2. The third kappa shape index (κ3) is 4.80. The minimum atomic E-state index is -0.864. The summed E-state index contributed by atoms with van der Waals surface area (Å²) in [5.41, 5.74) is 1.26. The second-order valence-corrected chi connectivity index (χ2v) is 5.47. The summed E-state index contributed by atoms with van der Waals surface area (Å²) in [5, 5.41) is 14.4. The van der Waals surface area contributed by atoms with Crippen LogP contribution in [0.15, 0.2) is 48.5 Å². The number of benzene rings is 2. The maximum Gasteiger partial charge on any atom is 0.313 e. The van der Waals surface area contributed by atoms with E-state index in [0.717, 1.165) is 0 Å². The maximum absolute atomic E-state index is 12.0. The first-order chi connectivity index (χ1) is 12.1. The first-order valence-corrected chi connectivity index (χ1v) is 7.80. The zero-order valence-corrected chi connectivity index (χ0v) is 14.2. The molecule has 1 unspecified atom stereocenters. The first-order valence-electron chi connectivity index (χ1n) is 7.42. The van der Waals surface area contributed by atoms with Gasteiger partial charge >= 0.3 is 11.8 Å². The van der Waals surface area contributed by atoms with Crippen molar-refractivity contribution in [3.05, 3.63) is 64.7 Å². The van der Waals surface area contributed by atoms with Gasteiger partial charge in [-0.05, 0) is 18.2 Å². The van der Waals surface area contributed by atoms with E-state index in [1.807, 2.05) is 6.07 Å². The van der Waals surface area contributed by atoms with Crippen molar-refractivity contribution in [1.82, 2.24) is 5.32 Å². The van der Waals surface area contributed by atoms with Gasteiger partial charge in [0, 0.05) is 24.2 Å². The van der Waals surface area contributed by atoms with E-state index in [4.69, 9.17) is 21.6 Å². The van der Waals surface area contributed by atoms with Gasteiger partial charge in [-0.25, -0.2) is 0 Å². The number of para-hydroxylation sites is 1. The van der Waals surface area contributed by atoms with E-state index in [1.54, 1.807) is 48.5 Å². The van der Waals surface area contributed by atoms with Gasteiger partial charge in [-0.1, -0.05) is 41.9 Å². The van der Waals surface area contributed by atoms with Crippen LogP contribution in [0.5, 0.6) is 0 Å². The average Bonchev–Trinajstić information content (AvgIpc) is 2.63. The Labute approximate surface area is 150 Å². The molecule has 25 heavy (non-hydrogen) atoms. The fourth-order valence-electron chi connectivity index (χ4n) is 2.19. The van der Waals surface area contributed by atoms with Crippen LogP contribution in [0.3, 0.4) is 0 Å². The molecule has 2 aromatic carbocycles. The van der Waals surface area contributed by atoms with Gasteiger partial charge in [0.05, 0.1) is 11.3 Å². The molecule has 2 rings (SSSR count). The molecule has 0 aromatic heterocycles. The predicted octanol–water partition coefficient (Wildman–Crippen LogP) is 2.65. The van der Waals surface area contributed by atoms with Crippen molar-refractivity contribution < 1.29 is 14.3 Å². The quantitative estimate of drug-likeness (QED) is 0.805. The average molecular weight is 358 g/mol. The van der Waals surface area contributed by atoms with Crippen LogP contribution in [0.4, 0.5) is 5.69 Å². The number of anilines is 1. The number of hydrogen-bond acceptors (Lipinski definition) is 4. The Hall–Kier alpha value is -2.88. The Morgan fingerprint density at radius 1 is 1.16 bits per heavy atom. The minimum Gasteiger partial charge on any atom is -0.375 e. The fraction of sp³-hybridized carbons (Fsp3) is 0.167. The Bertz CT molecular complexity index is 817. The molecule has 6 nitrogen and oxygen atoms in total. The van der Waals surface area contributed by atoms with E-state index in [2.05, 4.69) is 10.6 Å². The normalized spacial score (nSPS) is 11.2. The molecular weight excluding hydrogens is 342 g/mol. The molecule has 7 heteroatoms. The number of halogens is 1. The second-order valence-electron chi connectivity index (χ2n) is 5.07. The lowest BCUT2D eigenvalue weighted by atomic mass is 10.1. The summed E-state index contributed by atoms with van der Waals surface area (Å²) in [6, 6.07) is 15.5. The van der Waals surface area contributed by atoms with Crippen LogP contribution in [0.1, 0.15) is 17.2 Å². The Kier molecular flexibility index (Phi) is 6.52. The molecule has 0 aliphatic carbocycles. The van der Waals surface area contributed by atoms with Gasteiger partial charge in [-0.15, -0.1) is 0 Å². The van der Waals surface area contributed by atoms with E-state index < -0.39 is 17.9 Å². The van der Waals surface area contributed by atoms with Crippen LogP contribution >= 0.6 is 11.6 Å². The number of amides is 2. The zero-order valence-electron chi connectivity index (χ0n) is 13.5. The maximum atomic E-state index is 12.0. The largest absolute Gasteiger partial charge is 0.375 e. The van der Waals surface area contributed by atoms with Gasteiger partial charge in [0.15, 0.2) is 0 Å². The number of carbonyl (C=O) groups is 2. The van der Waals surface area contributed by atoms with Crippen LogP contribution < -0.4 is 10.6 Å². The van der Waals surface area contributed by atoms with Crippen molar-refractivity contribution in [3.63, 3.8) is 0 Å². The monoisotopic (exact) mass is 357 g/mol. The number of carbonyl (C=O) groups excluding carboxylic acids is 2. The smallest absolute Gasteiger partial charge is 0.313 e. The van der Waals surface area contributed by atoms with Crippen molar-refractivity contribution in [1.29, 1.82) is 5.26 Å². The standard InChI is InChI=1S/C18H16ClN3O3/c1-25-16(13-7-3-4-8-14(13)19)11-21-17(23)18(24)22-15-9-5-2-6-12(15)10-20/h2-9,16H,11H2,1H3,(H,21,23)(H,22,24). The molecule has 0 saturated heterocycles. The summed E-state index contributed by atoms with van der Waals surface area (Å²) in [7, 11) is 1.49. The lowest BCUT2D eigenvalue weighted by Gasteiger charge is -2.17. The molecular formula is C18H16ClN3O3. The molecule has 0 fully saturated rings. The van der Waals surface area contributed by atoms with Gasteiger partial charge in [-0.3, -0.25) is 9.59 Å². The highest BCUT2D eigenvalue weighted by Gasteiger charge is 2.19. The Morgan fingerprint density at radius 2 is 1.84 bits per heavy atom. The van der Waals surface area contributed by atoms with Crippen molar-refractivity contribution in [2.24, 2.45) is 0 Å². The molecule has 2 aromatic rings. The van der Waals surface area contributed by atoms with Gasteiger partial charge in [0.25, 0.3) is 0 Å². The molecule has 0 radical (unpaired) electrons. The Balaban J connectivity index is 1.98. The van der Waals surface area contributed by atoms with Gasteiger partial charge in [0.1, 0.15) is 12.2 Å². The van der Waals surface area contributed by atoms with Crippen LogP contribution in [-0.4, -0.2) is 25.5 Å². The first kappa shape index (κ1) is 18.5. The van der Waals surface area contributed by atoms with Gasteiger partial charge in [0.2, 0.25) is 0 Å². The highest BCUT2D eigenvalue weighted by molar-refractivity contribution is 6.39. The van der Waals surface area contributed by atoms with Crippen LogP contribution in [0, 0.1) is 11.3 Å². The number of nitrogens with one attached hydrogen (secondary N) is 2. The topological polar surface area (TPSA) is 91.2 Å². The highest BCUT2D eigenvalue weighted by Crippen LogP contribution is 2.24. The van der Waals surface area contributed by atoms with Crippen molar-refractivity contribution >= 4 is 29.1 Å². The van der Waals surface area contributed by atoms with Crippen molar-refractivity contribution in [2.75, 3.05) is 19.0 Å². The molecule has 0 aliphatic heterocycles. The number of nitriles is 1. The molecule has 0 saturated carbocycles. The van der Waals surface area contributed by atoms with Crippen molar-refractivity contribution in [2.45, 2.75) is 6.10 Å². The van der Waals surface area contributed by atoms with E-state index in [1.165, 1.54) is 7.11 Å². The summed E-state index contributed by atoms with van der Waals surface area (Å²) in [6.45, 7) is 0.0758. The summed E-state index contributed by atoms with van der Waals surface area (Å²) in [4.78, 5) is 24.0. The van der Waals surface area contributed by atoms with Gasteiger partial charge < -0.3 is 15.4 Å². The Morgan fingerprint density at radius 3 is 2.52 bits per heavy atom. The number of methoxy groups -OCH3 is 1. The van der Waals surface area contributed by atoms with Crippen LogP contribution in [0.2, 0.25) is 5.02 Å². The van der Waals surface area contributed by atoms with Crippen LogP contribution in [0.25, 0.3) is 0 Å². The lowest BCUT2D eigenvalue weighted by molar-refractivity contribution is -0.136. The third-order valence-corrected chi connectivity index (χ3v) is 3.83. The molecule has 0 spiro atoms. The minimum absolute atomic E-state index is 0.0758. The third-order valence-electron chi connectivity index (χ3n) is 3.49. The van der Waals surface area contributed by atoms with E-state index in [9.17, 15) is 9.59 Å². The molecule has 0 bridgehead atoms. The predicted molar refractivity (Wildman–Crippen MR) is 94.0 cm³/mol. The highest BCUT2D eigenvalue weighted by atomic mass is 35.5. The molecule has 128 valence electrons. The number of hydrogen-bond donors (Lipinski definition) is 2. The molecule has 1 atom stereocenters. The fourth-order valence-corrected chi connectivity index (χ4v) is 2.45. The van der Waals surface area contributed by atoms with Crippen LogP contribution in [-0.2, 0) is 14.3 Å². The van der Waals surface area contributed by atoms with Gasteiger partial charge in [-0.2, -0.15) is 5.26 Å². The summed E-state index contributed by atoms with van der Waals surface area (Å²) >= 11 is 6.11. The molecule has 2 N–H and O–H groups in total. The number of nitrogens with zero attached hydrogens (tertiary/aromatic N) is 1. The summed E-state index contributed by atoms with van der Waals surface area (Å²) < 4.78 is 5.33. The van der Waals surface area contributed by atoms with E-state index in [-0.39, 0.29) is 17.8 Å².